The van der Waals surface area contributed by atoms with Crippen LogP contribution >= 0.6 is 0 Å². The Morgan fingerprint density at radius 3 is 1.05 bits per heavy atom. The molecule has 9 N–H and O–H groups in total. The third-order valence-corrected chi connectivity index (χ3v) is 1.93. The van der Waals surface area contributed by atoms with E-state index in [0.717, 1.165) is 0 Å². The van der Waals surface area contributed by atoms with Gasteiger partial charge in [-0.2, -0.15) is 0 Å². The van der Waals surface area contributed by atoms with E-state index in [0.29, 0.717) is 0 Å². The quantitative estimate of drug-likeness (QED) is 0.211. The molecule has 0 bridgehead atoms. The average molecular weight is 316 g/mol. The van der Waals surface area contributed by atoms with Crippen LogP contribution in [-0.4, -0.2) is 103 Å². The van der Waals surface area contributed by atoms with Crippen LogP contribution in [0.4, 0.5) is 0 Å². The fraction of sp³-hybridized carbons (Fsp3) is 0.833. The Morgan fingerprint density at radius 1 is 0.714 bits per heavy atom. The highest BCUT2D eigenvalue weighted by molar-refractivity contribution is 4.79. The fourth-order valence-corrected chi connectivity index (χ4v) is 0.729. The number of hydrogen-bond acceptors (Lipinski definition) is 9. The minimum absolute atomic E-state index is 0.365. The van der Waals surface area contributed by atoms with Crippen molar-refractivity contribution in [3.8, 4) is 0 Å². The number of rotatable bonds is 7. The van der Waals surface area contributed by atoms with Gasteiger partial charge in [-0.15, -0.1) is 6.58 Å². The van der Waals surface area contributed by atoms with E-state index < -0.39 is 43.7 Å². The van der Waals surface area contributed by atoms with Crippen LogP contribution in [-0.2, 0) is 0 Å². The summed E-state index contributed by atoms with van der Waals surface area (Å²) >= 11 is 0. The van der Waals surface area contributed by atoms with Gasteiger partial charge in [0.15, 0.2) is 0 Å². The van der Waals surface area contributed by atoms with E-state index >= 15 is 0 Å². The summed E-state index contributed by atoms with van der Waals surface area (Å²) in [5.74, 6) is 0. The Bertz CT molecular complexity index is 197. The molecule has 0 aromatic heterocycles. The van der Waals surface area contributed by atoms with Crippen molar-refractivity contribution in [2.24, 2.45) is 0 Å². The Hall–Kier alpha value is -0.620. The van der Waals surface area contributed by atoms with Crippen LogP contribution < -0.4 is 0 Å². The lowest BCUT2D eigenvalue weighted by molar-refractivity contribution is -0.123. The molecule has 0 spiro atoms. The summed E-state index contributed by atoms with van der Waals surface area (Å²) in [4.78, 5) is 0. The highest BCUT2D eigenvalue weighted by Gasteiger charge is 2.29. The van der Waals surface area contributed by atoms with E-state index in [1.54, 1.807) is 6.08 Å². The lowest BCUT2D eigenvalue weighted by Crippen LogP contribution is -2.46. The van der Waals surface area contributed by atoms with Crippen molar-refractivity contribution in [1.82, 2.24) is 0 Å². The second kappa shape index (κ2) is 17.4. The topological polar surface area (TPSA) is 182 Å². The van der Waals surface area contributed by atoms with Gasteiger partial charge in [-0.3, -0.25) is 0 Å². The van der Waals surface area contributed by atoms with Crippen molar-refractivity contribution >= 4 is 0 Å². The molecule has 0 heterocycles. The molecule has 9 heteroatoms. The van der Waals surface area contributed by atoms with Crippen molar-refractivity contribution in [2.75, 3.05) is 26.4 Å². The molecule has 21 heavy (non-hydrogen) atoms. The molecule has 4 unspecified atom stereocenters. The molecule has 0 fully saturated rings. The predicted octanol–water partition coefficient (Wildman–Crippen LogP) is -4.06. The number of aliphatic hydroxyl groups excluding tert-OH is 9. The van der Waals surface area contributed by atoms with E-state index in [2.05, 4.69) is 6.58 Å². The van der Waals surface area contributed by atoms with Crippen molar-refractivity contribution in [3.63, 3.8) is 0 Å². The normalized spacial score (nSPS) is 15.8. The zero-order valence-corrected chi connectivity index (χ0v) is 12.0. The predicted molar refractivity (Wildman–Crippen MR) is 74.2 cm³/mol. The lowest BCUT2D eigenvalue weighted by Gasteiger charge is -2.24. The summed E-state index contributed by atoms with van der Waals surface area (Å²) in [6.45, 7) is 3.07. The van der Waals surface area contributed by atoms with Gasteiger partial charge in [-0.1, -0.05) is 6.08 Å². The summed E-state index contributed by atoms with van der Waals surface area (Å²) in [7, 11) is 0. The second-order valence-corrected chi connectivity index (χ2v) is 3.91. The maximum absolute atomic E-state index is 8.96. The Balaban J connectivity index is -0.000000300. The summed E-state index contributed by atoms with van der Waals surface area (Å²) < 4.78 is 0. The SMILES string of the molecule is C=CC.OCC(O)C(O)C(O)C(O)CO.OCC(O)CO. The smallest absolute Gasteiger partial charge is 0.111 e. The van der Waals surface area contributed by atoms with Gasteiger partial charge in [0, 0.05) is 0 Å². The molecular weight excluding hydrogens is 288 g/mol. The van der Waals surface area contributed by atoms with Crippen LogP contribution in [0.2, 0.25) is 0 Å². The number of aliphatic hydroxyl groups is 9. The first-order valence-electron chi connectivity index (χ1n) is 6.17. The van der Waals surface area contributed by atoms with Crippen LogP contribution in [0, 0.1) is 0 Å². The molecule has 0 saturated carbocycles. The molecule has 0 radical (unpaired) electrons. The highest BCUT2D eigenvalue weighted by Crippen LogP contribution is 2.03. The van der Waals surface area contributed by atoms with Gasteiger partial charge in [0.2, 0.25) is 0 Å². The van der Waals surface area contributed by atoms with E-state index in [4.69, 9.17) is 46.0 Å². The molecule has 0 rings (SSSR count). The molecular formula is C12H28O9. The number of allylic oxidation sites excluding steroid dienone is 1. The van der Waals surface area contributed by atoms with Gasteiger partial charge in [-0.25, -0.2) is 0 Å². The zero-order chi connectivity index (χ0) is 17.4. The van der Waals surface area contributed by atoms with Crippen LogP contribution in [0.3, 0.4) is 0 Å². The van der Waals surface area contributed by atoms with Crippen molar-refractivity contribution in [1.29, 1.82) is 0 Å². The van der Waals surface area contributed by atoms with Gasteiger partial charge in [0.25, 0.3) is 0 Å². The largest absolute Gasteiger partial charge is 0.394 e. The summed E-state index contributed by atoms with van der Waals surface area (Å²) in [6.07, 6.45) is -5.60. The van der Waals surface area contributed by atoms with Gasteiger partial charge in [0.1, 0.15) is 30.5 Å². The van der Waals surface area contributed by atoms with Crippen molar-refractivity contribution in [2.45, 2.75) is 37.4 Å². The van der Waals surface area contributed by atoms with Crippen molar-refractivity contribution < 1.29 is 46.0 Å². The molecule has 0 saturated heterocycles. The molecule has 0 aliphatic rings. The standard InChI is InChI=1S/C6H14O6.C3H8O3.C3H6/c7-1-3(9)5(11)6(12)4(10)2-8;4-1-3(6)2-5;1-3-2/h3-12H,1-2H2;3-6H,1-2H2;3H,1H2,2H3. The summed E-state index contributed by atoms with van der Waals surface area (Å²) in [5, 5.41) is 76.2. The molecule has 0 aliphatic carbocycles. The first kappa shape index (κ1) is 25.3. The van der Waals surface area contributed by atoms with E-state index in [9.17, 15) is 0 Å². The van der Waals surface area contributed by atoms with Gasteiger partial charge >= 0.3 is 0 Å². The zero-order valence-electron chi connectivity index (χ0n) is 12.0. The molecule has 0 aliphatic heterocycles. The third kappa shape index (κ3) is 15.6. The maximum atomic E-state index is 8.96. The summed E-state index contributed by atoms with van der Waals surface area (Å²) in [5.41, 5.74) is 0. The Labute approximate surface area is 123 Å². The van der Waals surface area contributed by atoms with E-state index in [1.165, 1.54) is 0 Å². The average Bonchev–Trinajstić information content (AvgIpc) is 2.52. The van der Waals surface area contributed by atoms with E-state index in [1.807, 2.05) is 6.92 Å². The molecule has 4 atom stereocenters. The minimum Gasteiger partial charge on any atom is -0.394 e. The van der Waals surface area contributed by atoms with Gasteiger partial charge in [0.05, 0.1) is 26.4 Å². The van der Waals surface area contributed by atoms with Crippen LogP contribution in [0.25, 0.3) is 0 Å². The van der Waals surface area contributed by atoms with Crippen LogP contribution in [0.15, 0.2) is 12.7 Å². The molecule has 0 aromatic carbocycles. The van der Waals surface area contributed by atoms with Crippen molar-refractivity contribution in [3.05, 3.63) is 12.7 Å². The van der Waals surface area contributed by atoms with Crippen LogP contribution in [0.5, 0.6) is 0 Å². The monoisotopic (exact) mass is 316 g/mol. The third-order valence-electron chi connectivity index (χ3n) is 1.93. The maximum Gasteiger partial charge on any atom is 0.111 e. The second-order valence-electron chi connectivity index (χ2n) is 3.91. The van der Waals surface area contributed by atoms with Crippen LogP contribution in [0.1, 0.15) is 6.92 Å². The Kier molecular flexibility index (Phi) is 21.0. The first-order chi connectivity index (χ1) is 9.76. The van der Waals surface area contributed by atoms with E-state index in [-0.39, 0.29) is 13.2 Å². The first-order valence-corrected chi connectivity index (χ1v) is 6.17. The minimum atomic E-state index is -1.67. The molecule has 0 aromatic rings. The number of hydrogen-bond donors (Lipinski definition) is 9. The lowest BCUT2D eigenvalue weighted by atomic mass is 10.0. The van der Waals surface area contributed by atoms with Gasteiger partial charge < -0.3 is 46.0 Å². The molecule has 130 valence electrons. The molecule has 0 amide bonds. The highest BCUT2D eigenvalue weighted by atomic mass is 16.4. The Morgan fingerprint density at radius 2 is 0.952 bits per heavy atom. The fourth-order valence-electron chi connectivity index (χ4n) is 0.729. The van der Waals surface area contributed by atoms with Gasteiger partial charge in [-0.05, 0) is 6.92 Å². The summed E-state index contributed by atoms with van der Waals surface area (Å²) in [6, 6.07) is 0. The molecule has 9 nitrogen and oxygen atoms in total.